The van der Waals surface area contributed by atoms with Gasteiger partial charge in [-0.3, -0.25) is 4.79 Å². The van der Waals surface area contributed by atoms with Gasteiger partial charge in [0.2, 0.25) is 0 Å². The summed E-state index contributed by atoms with van der Waals surface area (Å²) in [6.45, 7) is 3.53. The Balaban J connectivity index is 3.04. The summed E-state index contributed by atoms with van der Waals surface area (Å²) in [4.78, 5) is 11.3. The number of hydrogen-bond donors (Lipinski definition) is 0. The highest BCUT2D eigenvalue weighted by atomic mass is 16.5. The minimum Gasteiger partial charge on any atom is -0.496 e. The summed E-state index contributed by atoms with van der Waals surface area (Å²) >= 11 is 0. The number of rotatable bonds is 3. The molecule has 1 radical (unpaired) electrons. The van der Waals surface area contributed by atoms with Gasteiger partial charge in [-0.25, -0.2) is 0 Å². The average molecular weight is 163 g/mol. The van der Waals surface area contributed by atoms with Gasteiger partial charge >= 0.3 is 0 Å². The van der Waals surface area contributed by atoms with Crippen molar-refractivity contribution in [1.82, 2.24) is 0 Å². The van der Waals surface area contributed by atoms with Gasteiger partial charge in [-0.1, -0.05) is 12.1 Å². The highest BCUT2D eigenvalue weighted by Crippen LogP contribution is 2.18. The van der Waals surface area contributed by atoms with Crippen LogP contribution in [0.1, 0.15) is 16.8 Å². The summed E-state index contributed by atoms with van der Waals surface area (Å²) in [5.74, 6) is 0.624. The summed E-state index contributed by atoms with van der Waals surface area (Å²) < 4.78 is 5.02. The molecule has 12 heavy (non-hydrogen) atoms. The first-order valence-corrected chi connectivity index (χ1v) is 3.75. The minimum absolute atomic E-state index is 0.00690. The number of carbonyl (C=O) groups excluding carboxylic acids is 1. The van der Waals surface area contributed by atoms with Crippen LogP contribution in [0.25, 0.3) is 0 Å². The van der Waals surface area contributed by atoms with Crippen LogP contribution in [0, 0.1) is 6.92 Å². The maximum atomic E-state index is 11.3. The van der Waals surface area contributed by atoms with Crippen LogP contribution < -0.4 is 4.74 Å². The molecular formula is C10H11O2. The first-order valence-electron chi connectivity index (χ1n) is 3.75. The smallest absolute Gasteiger partial charge is 0.166 e. The van der Waals surface area contributed by atoms with Crippen LogP contribution in [-0.2, 0) is 0 Å². The first kappa shape index (κ1) is 8.78. The van der Waals surface area contributed by atoms with E-state index in [1.807, 2.05) is 12.1 Å². The van der Waals surface area contributed by atoms with Crippen LogP contribution in [0.2, 0.25) is 0 Å². The molecule has 0 unspecified atom stereocenters. The Morgan fingerprint density at radius 3 is 2.75 bits per heavy atom. The lowest BCUT2D eigenvalue weighted by atomic mass is 10.1. The molecule has 0 aromatic heterocycles. The lowest BCUT2D eigenvalue weighted by molar-refractivity contribution is 0.0992. The van der Waals surface area contributed by atoms with Crippen molar-refractivity contribution >= 4 is 5.78 Å². The molecule has 0 aliphatic rings. The van der Waals surface area contributed by atoms with Crippen molar-refractivity contribution in [3.63, 3.8) is 0 Å². The fraction of sp³-hybridized carbons (Fsp3) is 0.200. The van der Waals surface area contributed by atoms with Crippen molar-refractivity contribution in [2.24, 2.45) is 0 Å². The van der Waals surface area contributed by atoms with Gasteiger partial charge in [-0.15, -0.1) is 0 Å². The van der Waals surface area contributed by atoms with Crippen LogP contribution in [0.3, 0.4) is 0 Å². The van der Waals surface area contributed by atoms with Crippen LogP contribution in [0.5, 0.6) is 5.75 Å². The molecule has 0 fully saturated rings. The lowest BCUT2D eigenvalue weighted by Crippen LogP contribution is -1.99. The topological polar surface area (TPSA) is 26.3 Å². The predicted octanol–water partition coefficient (Wildman–Crippen LogP) is 2.10. The van der Waals surface area contributed by atoms with Crippen molar-refractivity contribution in [1.29, 1.82) is 0 Å². The SMILES string of the molecule is [CH2]CC(=O)c1ccccc1OC. The summed E-state index contributed by atoms with van der Waals surface area (Å²) in [7, 11) is 1.55. The van der Waals surface area contributed by atoms with E-state index in [1.54, 1.807) is 19.2 Å². The summed E-state index contributed by atoms with van der Waals surface area (Å²) in [5.41, 5.74) is 0.606. The standard InChI is InChI=1S/C10H11O2/c1-3-9(11)8-6-4-5-7-10(8)12-2/h4-7H,1,3H2,2H3. The Hall–Kier alpha value is -1.31. The van der Waals surface area contributed by atoms with Gasteiger partial charge in [0.15, 0.2) is 5.78 Å². The van der Waals surface area contributed by atoms with E-state index in [2.05, 4.69) is 6.92 Å². The number of ether oxygens (including phenoxy) is 1. The maximum absolute atomic E-state index is 11.3. The lowest BCUT2D eigenvalue weighted by Gasteiger charge is -2.04. The number of methoxy groups -OCH3 is 1. The number of hydrogen-bond acceptors (Lipinski definition) is 2. The molecule has 2 nitrogen and oxygen atoms in total. The van der Waals surface area contributed by atoms with Crippen molar-refractivity contribution in [3.8, 4) is 5.75 Å². The molecule has 63 valence electrons. The molecule has 0 spiro atoms. The fourth-order valence-electron chi connectivity index (χ4n) is 1.01. The largest absolute Gasteiger partial charge is 0.496 e. The van der Waals surface area contributed by atoms with Gasteiger partial charge in [0.25, 0.3) is 0 Å². The van der Waals surface area contributed by atoms with E-state index in [0.29, 0.717) is 11.3 Å². The van der Waals surface area contributed by atoms with Crippen molar-refractivity contribution in [3.05, 3.63) is 36.8 Å². The van der Waals surface area contributed by atoms with E-state index in [1.165, 1.54) is 0 Å². The molecule has 1 aromatic rings. The number of Topliss-reactive ketones (excluding diaryl/α,β-unsaturated/α-hetero) is 1. The predicted molar refractivity (Wildman–Crippen MR) is 47.3 cm³/mol. The Morgan fingerprint density at radius 1 is 1.50 bits per heavy atom. The summed E-state index contributed by atoms with van der Waals surface area (Å²) in [5, 5.41) is 0. The van der Waals surface area contributed by atoms with Crippen molar-refractivity contribution in [2.75, 3.05) is 7.11 Å². The molecule has 0 aliphatic carbocycles. The van der Waals surface area contributed by atoms with E-state index >= 15 is 0 Å². The highest BCUT2D eigenvalue weighted by molar-refractivity contribution is 5.98. The van der Waals surface area contributed by atoms with E-state index < -0.39 is 0 Å². The summed E-state index contributed by atoms with van der Waals surface area (Å²) in [6.07, 6.45) is 0.264. The molecule has 0 saturated carbocycles. The molecule has 2 heteroatoms. The summed E-state index contributed by atoms with van der Waals surface area (Å²) in [6, 6.07) is 7.15. The van der Waals surface area contributed by atoms with Crippen molar-refractivity contribution < 1.29 is 9.53 Å². The minimum atomic E-state index is 0.00690. The van der Waals surface area contributed by atoms with Gasteiger partial charge < -0.3 is 4.74 Å². The van der Waals surface area contributed by atoms with Gasteiger partial charge in [0.05, 0.1) is 12.7 Å². The third kappa shape index (κ3) is 1.64. The molecule has 0 bridgehead atoms. The zero-order chi connectivity index (χ0) is 8.97. The second kappa shape index (κ2) is 3.90. The molecule has 0 N–H and O–H groups in total. The first-order chi connectivity index (χ1) is 5.79. The number of para-hydroxylation sites is 1. The molecule has 1 rings (SSSR count). The van der Waals surface area contributed by atoms with E-state index in [9.17, 15) is 4.79 Å². The number of ketones is 1. The van der Waals surface area contributed by atoms with Crippen LogP contribution in [0.4, 0.5) is 0 Å². The second-order valence-corrected chi connectivity index (χ2v) is 2.37. The van der Waals surface area contributed by atoms with Gasteiger partial charge in [0, 0.05) is 6.42 Å². The fourth-order valence-corrected chi connectivity index (χ4v) is 1.01. The van der Waals surface area contributed by atoms with E-state index in [0.717, 1.165) is 0 Å². The molecule has 1 aromatic carbocycles. The zero-order valence-corrected chi connectivity index (χ0v) is 7.04. The van der Waals surface area contributed by atoms with E-state index in [-0.39, 0.29) is 12.2 Å². The maximum Gasteiger partial charge on any atom is 0.166 e. The third-order valence-corrected chi connectivity index (χ3v) is 1.63. The molecule has 0 amide bonds. The van der Waals surface area contributed by atoms with Crippen LogP contribution in [0.15, 0.2) is 24.3 Å². The second-order valence-electron chi connectivity index (χ2n) is 2.37. The molecule has 0 saturated heterocycles. The van der Waals surface area contributed by atoms with Crippen LogP contribution >= 0.6 is 0 Å². The highest BCUT2D eigenvalue weighted by Gasteiger charge is 2.07. The number of benzene rings is 1. The van der Waals surface area contributed by atoms with Gasteiger partial charge in [0.1, 0.15) is 5.75 Å². The monoisotopic (exact) mass is 163 g/mol. The zero-order valence-electron chi connectivity index (χ0n) is 7.04. The Labute approximate surface area is 72.2 Å². The van der Waals surface area contributed by atoms with Gasteiger partial charge in [-0.05, 0) is 19.1 Å². The van der Waals surface area contributed by atoms with E-state index in [4.69, 9.17) is 4.74 Å². The normalized spacial score (nSPS) is 9.50. The Bertz CT molecular complexity index is 279. The third-order valence-electron chi connectivity index (χ3n) is 1.63. The molecule has 0 aliphatic heterocycles. The Kier molecular flexibility index (Phi) is 2.86. The van der Waals surface area contributed by atoms with Gasteiger partial charge in [-0.2, -0.15) is 0 Å². The molecule has 0 heterocycles. The quantitative estimate of drug-likeness (QED) is 0.638. The molecular weight excluding hydrogens is 152 g/mol. The Morgan fingerprint density at radius 2 is 2.17 bits per heavy atom. The number of carbonyl (C=O) groups is 1. The molecule has 0 atom stereocenters. The van der Waals surface area contributed by atoms with Crippen molar-refractivity contribution in [2.45, 2.75) is 6.42 Å². The van der Waals surface area contributed by atoms with Crippen LogP contribution in [-0.4, -0.2) is 12.9 Å². The average Bonchev–Trinajstić information content (AvgIpc) is 2.16.